The normalized spacial score (nSPS) is 11.2. The number of furan rings is 1. The van der Waals surface area contributed by atoms with Gasteiger partial charge in [0.25, 0.3) is 5.89 Å². The fourth-order valence-electron chi connectivity index (χ4n) is 1.95. The zero-order chi connectivity index (χ0) is 13.1. The van der Waals surface area contributed by atoms with Gasteiger partial charge >= 0.3 is 0 Å². The lowest BCUT2D eigenvalue weighted by Crippen LogP contribution is -2.13. The Morgan fingerprint density at radius 1 is 1.21 bits per heavy atom. The third kappa shape index (κ3) is 2.37. The maximum absolute atomic E-state index is 5.64. The van der Waals surface area contributed by atoms with E-state index in [0.29, 0.717) is 18.3 Å². The minimum atomic E-state index is 0.498. The SMILES string of the molecule is CCCNCc1nnc(-c2coc3ccccc23)o1. The molecule has 0 saturated carbocycles. The first-order chi connectivity index (χ1) is 9.38. The van der Waals surface area contributed by atoms with Crippen molar-refractivity contribution in [2.24, 2.45) is 0 Å². The summed E-state index contributed by atoms with van der Waals surface area (Å²) in [6.07, 6.45) is 2.73. The average Bonchev–Trinajstić information content (AvgIpc) is 3.05. The van der Waals surface area contributed by atoms with Crippen molar-refractivity contribution in [3.05, 3.63) is 36.4 Å². The minimum absolute atomic E-state index is 0.498. The minimum Gasteiger partial charge on any atom is -0.463 e. The van der Waals surface area contributed by atoms with Crippen LogP contribution in [0.15, 0.2) is 39.4 Å². The van der Waals surface area contributed by atoms with Crippen molar-refractivity contribution >= 4 is 11.0 Å². The highest BCUT2D eigenvalue weighted by molar-refractivity contribution is 5.91. The number of nitrogens with zero attached hydrogens (tertiary/aromatic N) is 2. The smallest absolute Gasteiger partial charge is 0.251 e. The van der Waals surface area contributed by atoms with Crippen molar-refractivity contribution in [3.63, 3.8) is 0 Å². The number of hydrogen-bond donors (Lipinski definition) is 1. The van der Waals surface area contributed by atoms with Gasteiger partial charge in [-0.15, -0.1) is 10.2 Å². The predicted molar refractivity (Wildman–Crippen MR) is 71.5 cm³/mol. The molecule has 0 saturated heterocycles. The summed E-state index contributed by atoms with van der Waals surface area (Å²) in [6, 6.07) is 7.79. The van der Waals surface area contributed by atoms with Crippen molar-refractivity contribution < 1.29 is 8.83 Å². The number of fused-ring (bicyclic) bond motifs is 1. The number of nitrogens with one attached hydrogen (secondary N) is 1. The number of para-hydroxylation sites is 1. The van der Waals surface area contributed by atoms with E-state index in [4.69, 9.17) is 8.83 Å². The summed E-state index contributed by atoms with van der Waals surface area (Å²) in [4.78, 5) is 0. The first-order valence-corrected chi connectivity index (χ1v) is 6.38. The summed E-state index contributed by atoms with van der Waals surface area (Å²) in [5, 5.41) is 12.3. The Bertz CT molecular complexity index is 672. The highest BCUT2D eigenvalue weighted by Crippen LogP contribution is 2.29. The lowest BCUT2D eigenvalue weighted by atomic mass is 10.2. The summed E-state index contributed by atoms with van der Waals surface area (Å²) in [5.41, 5.74) is 1.66. The van der Waals surface area contributed by atoms with E-state index in [1.165, 1.54) is 0 Å². The fraction of sp³-hybridized carbons (Fsp3) is 0.286. The van der Waals surface area contributed by atoms with Crippen LogP contribution in [-0.2, 0) is 6.54 Å². The van der Waals surface area contributed by atoms with Crippen LogP contribution in [0, 0.1) is 0 Å². The summed E-state index contributed by atoms with van der Waals surface area (Å²) >= 11 is 0. The third-order valence-corrected chi connectivity index (χ3v) is 2.88. The van der Waals surface area contributed by atoms with Crippen LogP contribution in [0.25, 0.3) is 22.4 Å². The van der Waals surface area contributed by atoms with Crippen LogP contribution in [-0.4, -0.2) is 16.7 Å². The van der Waals surface area contributed by atoms with Gasteiger partial charge in [0.1, 0.15) is 11.8 Å². The highest BCUT2D eigenvalue weighted by Gasteiger charge is 2.14. The Balaban J connectivity index is 1.86. The maximum atomic E-state index is 5.64. The summed E-state index contributed by atoms with van der Waals surface area (Å²) in [5.74, 6) is 1.09. The van der Waals surface area contributed by atoms with E-state index in [1.54, 1.807) is 6.26 Å². The molecule has 2 heterocycles. The van der Waals surface area contributed by atoms with Gasteiger partial charge < -0.3 is 14.2 Å². The van der Waals surface area contributed by atoms with Crippen LogP contribution in [0.4, 0.5) is 0 Å². The molecular formula is C14H15N3O2. The zero-order valence-corrected chi connectivity index (χ0v) is 10.7. The Kier molecular flexibility index (Phi) is 3.29. The molecule has 0 amide bonds. The molecule has 1 N–H and O–H groups in total. The van der Waals surface area contributed by atoms with Gasteiger partial charge in [0, 0.05) is 5.39 Å². The summed E-state index contributed by atoms with van der Waals surface area (Å²) in [6.45, 7) is 3.65. The molecular weight excluding hydrogens is 242 g/mol. The molecule has 5 nitrogen and oxygen atoms in total. The molecule has 0 aliphatic rings. The summed E-state index contributed by atoms with van der Waals surface area (Å²) < 4.78 is 11.1. The Morgan fingerprint density at radius 2 is 2.11 bits per heavy atom. The molecule has 2 aromatic heterocycles. The second-order valence-electron chi connectivity index (χ2n) is 4.32. The monoisotopic (exact) mass is 257 g/mol. The Hall–Kier alpha value is -2.14. The van der Waals surface area contributed by atoms with E-state index in [2.05, 4.69) is 22.4 Å². The molecule has 0 unspecified atom stereocenters. The van der Waals surface area contributed by atoms with Gasteiger partial charge in [-0.2, -0.15) is 0 Å². The molecule has 3 rings (SSSR count). The molecule has 0 spiro atoms. The number of hydrogen-bond acceptors (Lipinski definition) is 5. The Labute approximate surface area is 110 Å². The number of benzene rings is 1. The topological polar surface area (TPSA) is 64.1 Å². The lowest BCUT2D eigenvalue weighted by molar-refractivity contribution is 0.477. The largest absolute Gasteiger partial charge is 0.463 e. The van der Waals surface area contributed by atoms with Crippen molar-refractivity contribution in [1.29, 1.82) is 0 Å². The van der Waals surface area contributed by atoms with Gasteiger partial charge in [0.15, 0.2) is 0 Å². The molecule has 0 fully saturated rings. The first kappa shape index (κ1) is 11.9. The van der Waals surface area contributed by atoms with Crippen molar-refractivity contribution in [3.8, 4) is 11.5 Å². The highest BCUT2D eigenvalue weighted by atomic mass is 16.4. The van der Waals surface area contributed by atoms with Gasteiger partial charge in [-0.1, -0.05) is 25.1 Å². The number of rotatable bonds is 5. The molecule has 0 aliphatic heterocycles. The molecule has 0 aliphatic carbocycles. The predicted octanol–water partition coefficient (Wildman–Crippen LogP) is 2.98. The molecule has 98 valence electrons. The van der Waals surface area contributed by atoms with Crippen LogP contribution in [0.3, 0.4) is 0 Å². The van der Waals surface area contributed by atoms with Crippen LogP contribution < -0.4 is 5.32 Å². The first-order valence-electron chi connectivity index (χ1n) is 6.38. The van der Waals surface area contributed by atoms with Gasteiger partial charge in [0.05, 0.1) is 12.1 Å². The van der Waals surface area contributed by atoms with Crippen LogP contribution in [0.5, 0.6) is 0 Å². The molecule has 1 aromatic carbocycles. The molecule has 0 bridgehead atoms. The van der Waals surface area contributed by atoms with Gasteiger partial charge in [-0.25, -0.2) is 0 Å². The van der Waals surface area contributed by atoms with E-state index in [1.807, 2.05) is 24.3 Å². The molecule has 0 radical (unpaired) electrons. The zero-order valence-electron chi connectivity index (χ0n) is 10.7. The van der Waals surface area contributed by atoms with E-state index in [9.17, 15) is 0 Å². The quantitative estimate of drug-likeness (QED) is 0.712. The van der Waals surface area contributed by atoms with Crippen molar-refractivity contribution in [2.75, 3.05) is 6.54 Å². The second kappa shape index (κ2) is 5.24. The molecule has 5 heteroatoms. The van der Waals surface area contributed by atoms with Gasteiger partial charge in [-0.3, -0.25) is 0 Å². The standard InChI is InChI=1S/C14H15N3O2/c1-2-7-15-8-13-16-17-14(19-13)11-9-18-12-6-4-3-5-10(11)12/h3-6,9,15H,2,7-8H2,1H3. The third-order valence-electron chi connectivity index (χ3n) is 2.88. The van der Waals surface area contributed by atoms with Crippen LogP contribution >= 0.6 is 0 Å². The van der Waals surface area contributed by atoms with Crippen molar-refractivity contribution in [1.82, 2.24) is 15.5 Å². The summed E-state index contributed by atoms with van der Waals surface area (Å²) in [7, 11) is 0. The van der Waals surface area contributed by atoms with Crippen LogP contribution in [0.2, 0.25) is 0 Å². The Morgan fingerprint density at radius 3 is 3.00 bits per heavy atom. The van der Waals surface area contributed by atoms with E-state index < -0.39 is 0 Å². The lowest BCUT2D eigenvalue weighted by Gasteiger charge is -1.96. The molecule has 19 heavy (non-hydrogen) atoms. The van der Waals surface area contributed by atoms with Gasteiger partial charge in [0.2, 0.25) is 5.89 Å². The fourth-order valence-corrected chi connectivity index (χ4v) is 1.95. The average molecular weight is 257 g/mol. The van der Waals surface area contributed by atoms with Crippen LogP contribution in [0.1, 0.15) is 19.2 Å². The van der Waals surface area contributed by atoms with E-state index in [0.717, 1.165) is 29.5 Å². The van der Waals surface area contributed by atoms with Gasteiger partial charge in [-0.05, 0) is 19.0 Å². The van der Waals surface area contributed by atoms with Crippen molar-refractivity contribution in [2.45, 2.75) is 19.9 Å². The van der Waals surface area contributed by atoms with E-state index in [-0.39, 0.29) is 0 Å². The second-order valence-corrected chi connectivity index (χ2v) is 4.32. The molecule has 3 aromatic rings. The maximum Gasteiger partial charge on any atom is 0.251 e. The molecule has 0 atom stereocenters. The number of aromatic nitrogens is 2. The van der Waals surface area contributed by atoms with E-state index >= 15 is 0 Å².